The summed E-state index contributed by atoms with van der Waals surface area (Å²) in [6, 6.07) is 12.2. The summed E-state index contributed by atoms with van der Waals surface area (Å²) in [4.78, 5) is 11.9. The number of thioether (sulfide) groups is 1. The first-order valence-electron chi connectivity index (χ1n) is 6.71. The molecular formula is C16H14F3NO2S. The smallest absolute Gasteiger partial charge is 0.387 e. The van der Waals surface area contributed by atoms with Crippen molar-refractivity contribution in [2.24, 2.45) is 0 Å². The van der Waals surface area contributed by atoms with Crippen LogP contribution in [0.25, 0.3) is 0 Å². The Hall–Kier alpha value is -2.15. The highest BCUT2D eigenvalue weighted by molar-refractivity contribution is 7.99. The van der Waals surface area contributed by atoms with E-state index in [2.05, 4.69) is 10.1 Å². The van der Waals surface area contributed by atoms with Crippen molar-refractivity contribution in [2.75, 3.05) is 11.1 Å². The molecule has 3 nitrogen and oxygen atoms in total. The van der Waals surface area contributed by atoms with Gasteiger partial charge in [0.25, 0.3) is 0 Å². The molecule has 0 aliphatic rings. The first-order valence-corrected chi connectivity index (χ1v) is 7.86. The molecule has 2 rings (SSSR count). The third kappa shape index (κ3) is 5.52. The number of amides is 1. The van der Waals surface area contributed by atoms with Gasteiger partial charge >= 0.3 is 6.61 Å². The number of anilines is 1. The molecule has 0 saturated heterocycles. The van der Waals surface area contributed by atoms with Crippen molar-refractivity contribution in [1.29, 1.82) is 0 Å². The first-order chi connectivity index (χ1) is 11.1. The monoisotopic (exact) mass is 341 g/mol. The molecule has 2 aromatic carbocycles. The van der Waals surface area contributed by atoms with E-state index in [1.165, 1.54) is 36.0 Å². The molecule has 0 radical (unpaired) electrons. The minimum Gasteiger partial charge on any atom is -0.433 e. The average molecular weight is 341 g/mol. The first kappa shape index (κ1) is 17.2. The van der Waals surface area contributed by atoms with Crippen LogP contribution in [-0.4, -0.2) is 18.3 Å². The largest absolute Gasteiger partial charge is 0.433 e. The molecule has 122 valence electrons. The van der Waals surface area contributed by atoms with Crippen LogP contribution in [0.2, 0.25) is 0 Å². The Morgan fingerprint density at radius 3 is 2.57 bits per heavy atom. The van der Waals surface area contributed by atoms with Crippen LogP contribution in [0.5, 0.6) is 5.75 Å². The Morgan fingerprint density at radius 1 is 1.13 bits per heavy atom. The Kier molecular flexibility index (Phi) is 6.34. The van der Waals surface area contributed by atoms with Gasteiger partial charge in [-0.3, -0.25) is 4.79 Å². The van der Waals surface area contributed by atoms with Gasteiger partial charge in [-0.1, -0.05) is 30.3 Å². The van der Waals surface area contributed by atoms with E-state index in [1.807, 2.05) is 0 Å². The quantitative estimate of drug-likeness (QED) is 0.816. The Bertz CT molecular complexity index is 667. The second kappa shape index (κ2) is 8.47. The molecule has 0 bridgehead atoms. The summed E-state index contributed by atoms with van der Waals surface area (Å²) in [5.41, 5.74) is 0.677. The second-order valence-electron chi connectivity index (χ2n) is 4.51. The van der Waals surface area contributed by atoms with E-state index in [9.17, 15) is 18.0 Å². The molecule has 2 aromatic rings. The number of carbonyl (C=O) groups is 1. The van der Waals surface area contributed by atoms with Gasteiger partial charge in [0, 0.05) is 5.75 Å². The van der Waals surface area contributed by atoms with E-state index in [-0.39, 0.29) is 28.9 Å². The van der Waals surface area contributed by atoms with E-state index in [1.54, 1.807) is 24.3 Å². The van der Waals surface area contributed by atoms with Crippen LogP contribution in [0.3, 0.4) is 0 Å². The van der Waals surface area contributed by atoms with Crippen LogP contribution < -0.4 is 10.1 Å². The predicted octanol–water partition coefficient (Wildman–Crippen LogP) is 4.30. The topological polar surface area (TPSA) is 38.3 Å². The molecule has 23 heavy (non-hydrogen) atoms. The average Bonchev–Trinajstić information content (AvgIpc) is 2.51. The van der Waals surface area contributed by atoms with Gasteiger partial charge in [-0.05, 0) is 23.8 Å². The fourth-order valence-electron chi connectivity index (χ4n) is 1.82. The number of hydrogen-bond donors (Lipinski definition) is 1. The number of nitrogens with one attached hydrogen (secondary N) is 1. The zero-order chi connectivity index (χ0) is 16.7. The number of para-hydroxylation sites is 2. The van der Waals surface area contributed by atoms with E-state index >= 15 is 0 Å². The van der Waals surface area contributed by atoms with Crippen molar-refractivity contribution in [2.45, 2.75) is 12.4 Å². The summed E-state index contributed by atoms with van der Waals surface area (Å²) >= 11 is 1.23. The molecule has 0 fully saturated rings. The number of hydrogen-bond acceptors (Lipinski definition) is 3. The Labute approximate surface area is 135 Å². The van der Waals surface area contributed by atoms with E-state index in [0.717, 1.165) is 0 Å². The molecule has 0 heterocycles. The van der Waals surface area contributed by atoms with Crippen LogP contribution in [0.1, 0.15) is 5.56 Å². The van der Waals surface area contributed by atoms with Crippen LogP contribution in [-0.2, 0) is 10.5 Å². The SMILES string of the molecule is O=C(CSCc1ccccc1F)Nc1ccccc1OC(F)F. The highest BCUT2D eigenvalue weighted by Gasteiger charge is 2.11. The van der Waals surface area contributed by atoms with E-state index < -0.39 is 6.61 Å². The van der Waals surface area contributed by atoms with E-state index in [0.29, 0.717) is 11.3 Å². The van der Waals surface area contributed by atoms with Gasteiger partial charge in [-0.2, -0.15) is 8.78 Å². The molecule has 1 N–H and O–H groups in total. The number of halogens is 3. The fourth-order valence-corrected chi connectivity index (χ4v) is 2.64. The summed E-state index contributed by atoms with van der Waals surface area (Å²) in [5, 5.41) is 2.50. The van der Waals surface area contributed by atoms with E-state index in [4.69, 9.17) is 0 Å². The van der Waals surface area contributed by atoms with Gasteiger partial charge in [0.15, 0.2) is 0 Å². The standard InChI is InChI=1S/C16H14F3NO2S/c17-12-6-2-1-5-11(12)9-23-10-15(21)20-13-7-3-4-8-14(13)22-16(18)19/h1-8,16H,9-10H2,(H,20,21). The maximum absolute atomic E-state index is 13.4. The van der Waals surface area contributed by atoms with Crippen LogP contribution in [0.15, 0.2) is 48.5 Å². The third-order valence-electron chi connectivity index (χ3n) is 2.83. The summed E-state index contributed by atoms with van der Waals surface area (Å²) in [6.45, 7) is -2.97. The lowest BCUT2D eigenvalue weighted by Crippen LogP contribution is -2.15. The number of ether oxygens (including phenoxy) is 1. The molecular weight excluding hydrogens is 327 g/mol. The van der Waals surface area contributed by atoms with Crippen molar-refractivity contribution in [3.63, 3.8) is 0 Å². The van der Waals surface area contributed by atoms with Crippen molar-refractivity contribution in [3.8, 4) is 5.75 Å². The predicted molar refractivity (Wildman–Crippen MR) is 84.3 cm³/mol. The molecule has 0 atom stereocenters. The lowest BCUT2D eigenvalue weighted by molar-refractivity contribution is -0.113. The lowest BCUT2D eigenvalue weighted by atomic mass is 10.2. The summed E-state index contributed by atoms with van der Waals surface area (Å²) < 4.78 is 42.3. The molecule has 0 aliphatic carbocycles. The molecule has 7 heteroatoms. The lowest BCUT2D eigenvalue weighted by Gasteiger charge is -2.11. The molecule has 0 aromatic heterocycles. The van der Waals surface area contributed by atoms with Crippen molar-refractivity contribution >= 4 is 23.4 Å². The van der Waals surface area contributed by atoms with Crippen molar-refractivity contribution < 1.29 is 22.7 Å². The zero-order valence-corrected chi connectivity index (χ0v) is 12.8. The maximum Gasteiger partial charge on any atom is 0.387 e. The number of alkyl halides is 2. The van der Waals surface area contributed by atoms with Gasteiger partial charge in [-0.25, -0.2) is 4.39 Å². The number of rotatable bonds is 7. The van der Waals surface area contributed by atoms with Gasteiger partial charge in [-0.15, -0.1) is 11.8 Å². The summed E-state index contributed by atoms with van der Waals surface area (Å²) in [5.74, 6) is -0.394. The van der Waals surface area contributed by atoms with Crippen molar-refractivity contribution in [1.82, 2.24) is 0 Å². The molecule has 0 saturated carbocycles. The third-order valence-corrected chi connectivity index (χ3v) is 3.81. The van der Waals surface area contributed by atoms with Crippen LogP contribution >= 0.6 is 11.8 Å². The molecule has 0 aliphatic heterocycles. The highest BCUT2D eigenvalue weighted by atomic mass is 32.2. The molecule has 0 unspecified atom stereocenters. The van der Waals surface area contributed by atoms with Gasteiger partial charge in [0.2, 0.25) is 5.91 Å². The minimum absolute atomic E-state index is 0.0668. The second-order valence-corrected chi connectivity index (χ2v) is 5.49. The Morgan fingerprint density at radius 2 is 1.83 bits per heavy atom. The van der Waals surface area contributed by atoms with Gasteiger partial charge in [0.1, 0.15) is 11.6 Å². The summed E-state index contributed by atoms with van der Waals surface area (Å²) in [7, 11) is 0. The summed E-state index contributed by atoms with van der Waals surface area (Å²) in [6.07, 6.45) is 0. The van der Waals surface area contributed by atoms with Gasteiger partial charge < -0.3 is 10.1 Å². The van der Waals surface area contributed by atoms with Crippen molar-refractivity contribution in [3.05, 3.63) is 59.9 Å². The van der Waals surface area contributed by atoms with Gasteiger partial charge in [0.05, 0.1) is 11.4 Å². The Balaban J connectivity index is 1.87. The highest BCUT2D eigenvalue weighted by Crippen LogP contribution is 2.25. The zero-order valence-electron chi connectivity index (χ0n) is 12.0. The maximum atomic E-state index is 13.4. The normalized spacial score (nSPS) is 10.6. The van der Waals surface area contributed by atoms with Crippen LogP contribution in [0, 0.1) is 5.82 Å². The fraction of sp³-hybridized carbons (Fsp3) is 0.188. The molecule has 0 spiro atoms. The minimum atomic E-state index is -2.97. The van der Waals surface area contributed by atoms with Crippen LogP contribution in [0.4, 0.5) is 18.9 Å². The molecule has 1 amide bonds. The number of carbonyl (C=O) groups excluding carboxylic acids is 1. The number of benzene rings is 2.